The zero-order valence-electron chi connectivity index (χ0n) is 9.99. The van der Waals surface area contributed by atoms with Gasteiger partial charge in [0, 0.05) is 14.7 Å². The van der Waals surface area contributed by atoms with Gasteiger partial charge in [0.25, 0.3) is 0 Å². The van der Waals surface area contributed by atoms with Crippen LogP contribution >= 0.6 is 27.3 Å². The van der Waals surface area contributed by atoms with Crippen molar-refractivity contribution in [2.24, 2.45) is 5.41 Å². The lowest BCUT2D eigenvalue weighted by molar-refractivity contribution is -0.165. The summed E-state index contributed by atoms with van der Waals surface area (Å²) in [6.45, 7) is 0.452. The monoisotopic (exact) mass is 331 g/mol. The first-order valence-corrected chi connectivity index (χ1v) is 7.35. The number of carbonyl (C=O) groups is 2. The molecule has 0 bridgehead atoms. The summed E-state index contributed by atoms with van der Waals surface area (Å²) in [6, 6.07) is 1.95. The van der Waals surface area contributed by atoms with Gasteiger partial charge in [-0.05, 0) is 34.8 Å². The Morgan fingerprint density at radius 2 is 2.28 bits per heavy atom. The third-order valence-electron chi connectivity index (χ3n) is 3.26. The van der Waals surface area contributed by atoms with E-state index in [4.69, 9.17) is 4.74 Å². The van der Waals surface area contributed by atoms with Gasteiger partial charge >= 0.3 is 5.97 Å². The first kappa shape index (κ1) is 13.5. The minimum absolute atomic E-state index is 0.217. The molecule has 1 fully saturated rings. The highest BCUT2D eigenvalue weighted by atomic mass is 79.9. The number of amides is 1. The van der Waals surface area contributed by atoms with Crippen LogP contribution in [0.1, 0.15) is 24.1 Å². The normalized spacial score (nSPS) is 16.8. The predicted octanol–water partition coefficient (Wildman–Crippen LogP) is 2.47. The largest absolute Gasteiger partial charge is 0.468 e. The van der Waals surface area contributed by atoms with Gasteiger partial charge in [-0.2, -0.15) is 0 Å². The average molecular weight is 332 g/mol. The standard InChI is InChI=1S/C12H14BrNO3S/c1-17-11(16)12(3-2-4-12)10(15)14-6-9-5-8(13)7-18-9/h5,7H,2-4,6H2,1H3,(H,14,15). The van der Waals surface area contributed by atoms with Crippen molar-refractivity contribution in [3.63, 3.8) is 0 Å². The quantitative estimate of drug-likeness (QED) is 0.681. The molecule has 1 saturated carbocycles. The van der Waals surface area contributed by atoms with Crippen LogP contribution in [0.3, 0.4) is 0 Å². The van der Waals surface area contributed by atoms with Gasteiger partial charge in [-0.15, -0.1) is 11.3 Å². The van der Waals surface area contributed by atoms with Crippen LogP contribution in [0, 0.1) is 5.41 Å². The van der Waals surface area contributed by atoms with E-state index in [2.05, 4.69) is 21.2 Å². The Hall–Kier alpha value is -0.880. The number of esters is 1. The summed E-state index contributed by atoms with van der Waals surface area (Å²) in [4.78, 5) is 24.8. The zero-order chi connectivity index (χ0) is 13.2. The molecule has 18 heavy (non-hydrogen) atoms. The third kappa shape index (κ3) is 2.44. The van der Waals surface area contributed by atoms with Crippen LogP contribution in [0.4, 0.5) is 0 Å². The molecule has 1 aliphatic rings. The number of hydrogen-bond acceptors (Lipinski definition) is 4. The second kappa shape index (κ2) is 5.40. The van der Waals surface area contributed by atoms with E-state index in [1.807, 2.05) is 11.4 Å². The number of carbonyl (C=O) groups excluding carboxylic acids is 2. The first-order chi connectivity index (χ1) is 8.58. The second-order valence-electron chi connectivity index (χ2n) is 4.34. The molecular formula is C12H14BrNO3S. The average Bonchev–Trinajstić information content (AvgIpc) is 2.70. The topological polar surface area (TPSA) is 55.4 Å². The molecule has 0 aliphatic heterocycles. The summed E-state index contributed by atoms with van der Waals surface area (Å²) < 4.78 is 5.73. The molecule has 0 aromatic carbocycles. The van der Waals surface area contributed by atoms with Crippen molar-refractivity contribution in [2.45, 2.75) is 25.8 Å². The summed E-state index contributed by atoms with van der Waals surface area (Å²) in [5, 5.41) is 4.78. The van der Waals surface area contributed by atoms with Crippen molar-refractivity contribution in [3.8, 4) is 0 Å². The van der Waals surface area contributed by atoms with Crippen LogP contribution in [0.2, 0.25) is 0 Å². The fraction of sp³-hybridized carbons (Fsp3) is 0.500. The number of rotatable bonds is 4. The number of nitrogens with one attached hydrogen (secondary N) is 1. The third-order valence-corrected chi connectivity index (χ3v) is 4.96. The first-order valence-electron chi connectivity index (χ1n) is 5.68. The number of thiophene rings is 1. The van der Waals surface area contributed by atoms with Crippen LogP contribution in [0.25, 0.3) is 0 Å². The lowest BCUT2D eigenvalue weighted by atomic mass is 9.68. The van der Waals surface area contributed by atoms with E-state index in [1.54, 1.807) is 11.3 Å². The van der Waals surface area contributed by atoms with E-state index in [9.17, 15) is 9.59 Å². The molecule has 2 rings (SSSR count). The Balaban J connectivity index is 1.96. The van der Waals surface area contributed by atoms with E-state index in [-0.39, 0.29) is 5.91 Å². The van der Waals surface area contributed by atoms with E-state index < -0.39 is 11.4 Å². The smallest absolute Gasteiger partial charge is 0.321 e. The summed E-state index contributed by atoms with van der Waals surface area (Å²) in [7, 11) is 1.33. The highest BCUT2D eigenvalue weighted by molar-refractivity contribution is 9.10. The molecule has 1 amide bonds. The number of methoxy groups -OCH3 is 1. The van der Waals surface area contributed by atoms with E-state index in [0.717, 1.165) is 15.8 Å². The van der Waals surface area contributed by atoms with Gasteiger partial charge in [-0.3, -0.25) is 9.59 Å². The van der Waals surface area contributed by atoms with Gasteiger partial charge in [0.2, 0.25) is 5.91 Å². The minimum Gasteiger partial charge on any atom is -0.468 e. The van der Waals surface area contributed by atoms with Crippen molar-refractivity contribution >= 4 is 39.1 Å². The van der Waals surface area contributed by atoms with Crippen molar-refractivity contribution in [1.82, 2.24) is 5.32 Å². The van der Waals surface area contributed by atoms with Gasteiger partial charge in [0.15, 0.2) is 0 Å². The molecule has 0 radical (unpaired) electrons. The molecule has 98 valence electrons. The summed E-state index contributed by atoms with van der Waals surface area (Å²) >= 11 is 4.93. The van der Waals surface area contributed by atoms with E-state index in [1.165, 1.54) is 7.11 Å². The summed E-state index contributed by atoms with van der Waals surface area (Å²) in [5.41, 5.74) is -0.941. The summed E-state index contributed by atoms with van der Waals surface area (Å²) in [5.74, 6) is -0.635. The maximum Gasteiger partial charge on any atom is 0.321 e. The molecule has 4 nitrogen and oxygen atoms in total. The number of halogens is 1. The fourth-order valence-electron chi connectivity index (χ4n) is 2.03. The Kier molecular flexibility index (Phi) is 4.07. The molecule has 0 unspecified atom stereocenters. The molecule has 6 heteroatoms. The van der Waals surface area contributed by atoms with E-state index >= 15 is 0 Å². The molecule has 1 aromatic heterocycles. The van der Waals surface area contributed by atoms with Gasteiger partial charge in [0.1, 0.15) is 5.41 Å². The van der Waals surface area contributed by atoms with Crippen molar-refractivity contribution in [1.29, 1.82) is 0 Å². The van der Waals surface area contributed by atoms with Gasteiger partial charge in [-0.1, -0.05) is 6.42 Å². The Bertz CT molecular complexity index is 468. The highest BCUT2D eigenvalue weighted by Gasteiger charge is 2.51. The maximum atomic E-state index is 12.1. The van der Waals surface area contributed by atoms with Crippen molar-refractivity contribution < 1.29 is 14.3 Å². The highest BCUT2D eigenvalue weighted by Crippen LogP contribution is 2.42. The van der Waals surface area contributed by atoms with Crippen molar-refractivity contribution in [3.05, 3.63) is 20.8 Å². The Morgan fingerprint density at radius 3 is 2.72 bits per heavy atom. The van der Waals surface area contributed by atoms with Gasteiger partial charge in [-0.25, -0.2) is 0 Å². The number of ether oxygens (including phenoxy) is 1. The van der Waals surface area contributed by atoms with Crippen LogP contribution in [0.15, 0.2) is 15.9 Å². The number of hydrogen-bond donors (Lipinski definition) is 1. The molecule has 1 aromatic rings. The molecule has 1 aliphatic carbocycles. The van der Waals surface area contributed by atoms with E-state index in [0.29, 0.717) is 19.4 Å². The predicted molar refractivity (Wildman–Crippen MR) is 72.2 cm³/mol. The molecule has 1 N–H and O–H groups in total. The lowest BCUT2D eigenvalue weighted by Crippen LogP contribution is -2.51. The molecule has 0 saturated heterocycles. The SMILES string of the molecule is COC(=O)C1(C(=O)NCc2cc(Br)cs2)CCC1. The van der Waals surface area contributed by atoms with Gasteiger partial charge in [0.05, 0.1) is 13.7 Å². The molecule has 0 atom stereocenters. The maximum absolute atomic E-state index is 12.1. The summed E-state index contributed by atoms with van der Waals surface area (Å²) in [6.07, 6.45) is 2.06. The van der Waals surface area contributed by atoms with Crippen LogP contribution in [-0.4, -0.2) is 19.0 Å². The van der Waals surface area contributed by atoms with Crippen LogP contribution in [-0.2, 0) is 20.9 Å². The fourth-order valence-corrected chi connectivity index (χ4v) is 3.42. The molecular weight excluding hydrogens is 318 g/mol. The Morgan fingerprint density at radius 1 is 1.56 bits per heavy atom. The molecule has 0 spiro atoms. The van der Waals surface area contributed by atoms with Crippen LogP contribution in [0.5, 0.6) is 0 Å². The van der Waals surface area contributed by atoms with Crippen molar-refractivity contribution in [2.75, 3.05) is 7.11 Å². The Labute approximate surface area is 118 Å². The van der Waals surface area contributed by atoms with Crippen LogP contribution < -0.4 is 5.32 Å². The zero-order valence-corrected chi connectivity index (χ0v) is 12.4. The minimum atomic E-state index is -0.941. The molecule has 1 heterocycles. The second-order valence-corrected chi connectivity index (χ2v) is 6.25. The lowest BCUT2D eigenvalue weighted by Gasteiger charge is -2.36. The van der Waals surface area contributed by atoms with Gasteiger partial charge < -0.3 is 10.1 Å².